The van der Waals surface area contributed by atoms with Crippen molar-refractivity contribution in [1.29, 1.82) is 0 Å². The fourth-order valence-corrected chi connectivity index (χ4v) is 4.27. The molecule has 3 heterocycles. The van der Waals surface area contributed by atoms with Gasteiger partial charge in [0.1, 0.15) is 5.84 Å². The molecule has 0 unspecified atom stereocenters. The lowest BCUT2D eigenvalue weighted by Crippen LogP contribution is -2.56. The minimum absolute atomic E-state index is 0.197. The third-order valence-electron chi connectivity index (χ3n) is 5.87. The van der Waals surface area contributed by atoms with Gasteiger partial charge in [-0.1, -0.05) is 18.2 Å². The number of anilines is 1. The molecule has 3 aliphatic rings. The number of para-hydroxylation sites is 1. The number of fused-ring (bicyclic) bond motifs is 1. The third kappa shape index (κ3) is 4.63. The van der Waals surface area contributed by atoms with Gasteiger partial charge in [-0.05, 0) is 38.8 Å². The van der Waals surface area contributed by atoms with Crippen LogP contribution in [0.2, 0.25) is 0 Å². The Balaban J connectivity index is 1.55. The first-order chi connectivity index (χ1) is 13.8. The van der Waals surface area contributed by atoms with Crippen LogP contribution in [-0.2, 0) is 16.1 Å². The smallest absolute Gasteiger partial charge is 0.236 e. The van der Waals surface area contributed by atoms with E-state index in [1.54, 1.807) is 0 Å². The first-order valence-corrected chi connectivity index (χ1v) is 10.6. The second-order valence-corrected chi connectivity index (χ2v) is 9.30. The van der Waals surface area contributed by atoms with Crippen LogP contribution in [0.4, 0.5) is 5.69 Å². The van der Waals surface area contributed by atoms with Crippen molar-refractivity contribution >= 4 is 17.4 Å². The fourth-order valence-electron chi connectivity index (χ4n) is 4.27. The van der Waals surface area contributed by atoms with Gasteiger partial charge < -0.3 is 15.0 Å². The number of amides is 1. The Labute approximate surface area is 173 Å². The predicted octanol–water partition coefficient (Wildman–Crippen LogP) is 1.70. The monoisotopic (exact) mass is 399 g/mol. The Hall–Kier alpha value is -1.96. The van der Waals surface area contributed by atoms with E-state index in [0.29, 0.717) is 26.3 Å². The molecule has 1 amide bonds. The van der Waals surface area contributed by atoms with Crippen LogP contribution in [0, 0.1) is 0 Å². The van der Waals surface area contributed by atoms with Crippen LogP contribution < -0.4 is 10.6 Å². The van der Waals surface area contributed by atoms with Gasteiger partial charge in [-0.25, -0.2) is 0 Å². The van der Waals surface area contributed by atoms with E-state index in [4.69, 9.17) is 9.73 Å². The highest BCUT2D eigenvalue weighted by Gasteiger charge is 2.46. The molecular weight excluding hydrogens is 366 g/mol. The van der Waals surface area contributed by atoms with Gasteiger partial charge in [-0.3, -0.25) is 20.0 Å². The molecule has 0 aliphatic carbocycles. The van der Waals surface area contributed by atoms with E-state index in [0.717, 1.165) is 44.1 Å². The summed E-state index contributed by atoms with van der Waals surface area (Å²) in [6.07, 6.45) is 0.859. The van der Waals surface area contributed by atoms with Crippen LogP contribution in [-0.4, -0.2) is 78.6 Å². The van der Waals surface area contributed by atoms with Crippen molar-refractivity contribution in [1.82, 2.24) is 15.1 Å². The maximum Gasteiger partial charge on any atom is 0.236 e. The second kappa shape index (κ2) is 8.05. The molecule has 0 radical (unpaired) electrons. The topological polar surface area (TPSA) is 69.2 Å². The van der Waals surface area contributed by atoms with Crippen LogP contribution in [0.15, 0.2) is 29.3 Å². The summed E-state index contributed by atoms with van der Waals surface area (Å²) in [6, 6.07) is 8.35. The molecule has 0 saturated carbocycles. The number of hydrogen-bond acceptors (Lipinski definition) is 5. The molecule has 29 heavy (non-hydrogen) atoms. The van der Waals surface area contributed by atoms with Crippen molar-refractivity contribution in [2.24, 2.45) is 4.99 Å². The maximum atomic E-state index is 13.0. The first-order valence-electron chi connectivity index (χ1n) is 10.6. The number of ether oxygens (including phenoxy) is 1. The van der Waals surface area contributed by atoms with E-state index in [-0.39, 0.29) is 17.0 Å². The SMILES string of the molecule is CC(C)(C)N=C1Nc2ccccc2CN[C@@]12CCN(C(=O)CN1CCOCC1)C2. The molecular formula is C22H33N5O2. The molecule has 7 heteroatoms. The van der Waals surface area contributed by atoms with Crippen molar-refractivity contribution in [3.8, 4) is 0 Å². The van der Waals surface area contributed by atoms with Gasteiger partial charge in [0.2, 0.25) is 5.91 Å². The van der Waals surface area contributed by atoms with Gasteiger partial charge in [0, 0.05) is 38.4 Å². The predicted molar refractivity (Wildman–Crippen MR) is 115 cm³/mol. The normalized spacial score (nSPS) is 27.0. The summed E-state index contributed by atoms with van der Waals surface area (Å²) in [5.74, 6) is 1.14. The number of carbonyl (C=O) groups excluding carboxylic acids is 1. The molecule has 1 aromatic rings. The molecule has 0 bridgehead atoms. The number of morpholine rings is 1. The maximum absolute atomic E-state index is 13.0. The number of likely N-dealkylation sites (tertiary alicyclic amines) is 1. The van der Waals surface area contributed by atoms with Gasteiger partial charge in [0.15, 0.2) is 0 Å². The Kier molecular flexibility index (Phi) is 5.64. The average Bonchev–Trinajstić information content (AvgIpc) is 3.06. The number of hydrogen-bond donors (Lipinski definition) is 2. The molecule has 1 atom stereocenters. The van der Waals surface area contributed by atoms with Crippen molar-refractivity contribution in [3.05, 3.63) is 29.8 Å². The third-order valence-corrected chi connectivity index (χ3v) is 5.87. The lowest BCUT2D eigenvalue weighted by atomic mass is 9.95. The van der Waals surface area contributed by atoms with Gasteiger partial charge in [0.25, 0.3) is 0 Å². The Morgan fingerprint density at radius 2 is 1.97 bits per heavy atom. The average molecular weight is 400 g/mol. The number of aliphatic imine (C=N–C) groups is 1. The van der Waals surface area contributed by atoms with E-state index >= 15 is 0 Å². The lowest BCUT2D eigenvalue weighted by Gasteiger charge is -2.33. The zero-order valence-electron chi connectivity index (χ0n) is 17.8. The molecule has 2 saturated heterocycles. The highest BCUT2D eigenvalue weighted by molar-refractivity contribution is 6.04. The number of carbonyl (C=O) groups is 1. The number of benzene rings is 1. The molecule has 7 nitrogen and oxygen atoms in total. The lowest BCUT2D eigenvalue weighted by molar-refractivity contribution is -0.132. The van der Waals surface area contributed by atoms with Crippen LogP contribution in [0.3, 0.4) is 0 Å². The van der Waals surface area contributed by atoms with E-state index in [9.17, 15) is 4.79 Å². The summed E-state index contributed by atoms with van der Waals surface area (Å²) in [5, 5.41) is 7.37. The Bertz CT molecular complexity index is 782. The second-order valence-electron chi connectivity index (χ2n) is 9.30. The van der Waals surface area contributed by atoms with Gasteiger partial charge in [-0.15, -0.1) is 0 Å². The molecule has 2 N–H and O–H groups in total. The van der Waals surface area contributed by atoms with Gasteiger partial charge in [0.05, 0.1) is 30.8 Å². The Morgan fingerprint density at radius 1 is 1.21 bits per heavy atom. The first kappa shape index (κ1) is 20.3. The number of nitrogens with one attached hydrogen (secondary N) is 2. The number of nitrogens with zero attached hydrogens (tertiary/aromatic N) is 3. The minimum atomic E-state index is -0.340. The van der Waals surface area contributed by atoms with Crippen molar-refractivity contribution < 1.29 is 9.53 Å². The number of amidine groups is 1. The van der Waals surface area contributed by atoms with Gasteiger partial charge >= 0.3 is 0 Å². The van der Waals surface area contributed by atoms with Gasteiger partial charge in [-0.2, -0.15) is 0 Å². The molecule has 3 aliphatic heterocycles. The zero-order chi connectivity index (χ0) is 20.5. The highest BCUT2D eigenvalue weighted by Crippen LogP contribution is 2.31. The fraction of sp³-hybridized carbons (Fsp3) is 0.636. The van der Waals surface area contributed by atoms with Crippen LogP contribution >= 0.6 is 0 Å². The summed E-state index contributed by atoms with van der Waals surface area (Å²) in [5.41, 5.74) is 1.77. The van der Waals surface area contributed by atoms with E-state index in [1.807, 2.05) is 11.0 Å². The van der Waals surface area contributed by atoms with E-state index < -0.39 is 0 Å². The zero-order valence-corrected chi connectivity index (χ0v) is 17.8. The van der Waals surface area contributed by atoms with Crippen molar-refractivity contribution in [3.63, 3.8) is 0 Å². The van der Waals surface area contributed by atoms with Crippen molar-refractivity contribution in [2.75, 3.05) is 51.3 Å². The van der Waals surface area contributed by atoms with E-state index in [1.165, 1.54) is 5.56 Å². The number of rotatable bonds is 2. The standard InChI is InChI=1S/C22H33N5O2/c1-21(2,3)25-20-22(23-14-17-6-4-5-7-18(17)24-20)8-9-27(16-22)19(28)15-26-10-12-29-13-11-26/h4-7,23H,8-16H2,1-3H3,(H,24,25)/t22-/m1/s1. The molecule has 0 aromatic heterocycles. The van der Waals surface area contributed by atoms with Crippen molar-refractivity contribution in [2.45, 2.75) is 44.8 Å². The largest absolute Gasteiger partial charge is 0.379 e. The molecule has 1 spiro atoms. The summed E-state index contributed by atoms with van der Waals surface area (Å²) in [4.78, 5) is 22.2. The quantitative estimate of drug-likeness (QED) is 0.792. The Morgan fingerprint density at radius 3 is 2.72 bits per heavy atom. The summed E-state index contributed by atoms with van der Waals surface area (Å²) < 4.78 is 5.40. The summed E-state index contributed by atoms with van der Waals surface area (Å²) in [7, 11) is 0. The van der Waals surface area contributed by atoms with Crippen LogP contribution in [0.5, 0.6) is 0 Å². The molecule has 158 valence electrons. The molecule has 1 aromatic carbocycles. The molecule has 2 fully saturated rings. The van der Waals surface area contributed by atoms with E-state index in [2.05, 4.69) is 54.5 Å². The minimum Gasteiger partial charge on any atom is -0.379 e. The summed E-state index contributed by atoms with van der Waals surface area (Å²) in [6.45, 7) is 12.0. The van der Waals surface area contributed by atoms with Crippen LogP contribution in [0.25, 0.3) is 0 Å². The summed E-state index contributed by atoms with van der Waals surface area (Å²) >= 11 is 0. The molecule has 4 rings (SSSR count). The van der Waals surface area contributed by atoms with Crippen LogP contribution in [0.1, 0.15) is 32.8 Å². The highest BCUT2D eigenvalue weighted by atomic mass is 16.5.